The van der Waals surface area contributed by atoms with E-state index in [-0.39, 0.29) is 30.9 Å². The molecule has 0 amide bonds. The number of benzene rings is 2. The van der Waals surface area contributed by atoms with Gasteiger partial charge in [-0.15, -0.1) is 0 Å². The molecule has 2 unspecified atom stereocenters. The van der Waals surface area contributed by atoms with E-state index in [9.17, 15) is 17.2 Å². The van der Waals surface area contributed by atoms with Gasteiger partial charge in [-0.2, -0.15) is 0 Å². The third-order valence-corrected chi connectivity index (χ3v) is 7.87. The molecule has 0 aliphatic heterocycles. The summed E-state index contributed by atoms with van der Waals surface area (Å²) in [4.78, 5) is 0. The molecule has 2 aromatic carbocycles. The van der Waals surface area contributed by atoms with Gasteiger partial charge in [0.25, 0.3) is 0 Å². The minimum Gasteiger partial charge on any atom is -0.492 e. The van der Waals surface area contributed by atoms with Crippen LogP contribution in [0.15, 0.2) is 36.4 Å². The van der Waals surface area contributed by atoms with Gasteiger partial charge in [-0.25, -0.2) is 21.9 Å². The van der Waals surface area contributed by atoms with Crippen LogP contribution in [0.5, 0.6) is 5.75 Å². The van der Waals surface area contributed by atoms with Crippen molar-refractivity contribution in [3.63, 3.8) is 0 Å². The highest BCUT2D eigenvalue weighted by Crippen LogP contribution is 2.37. The first-order chi connectivity index (χ1) is 15.3. The van der Waals surface area contributed by atoms with E-state index in [1.54, 1.807) is 0 Å². The van der Waals surface area contributed by atoms with E-state index >= 15 is 0 Å². The fourth-order valence-corrected chi connectivity index (χ4v) is 6.03. The molecular weight excluding hydrogens is 434 g/mol. The van der Waals surface area contributed by atoms with Crippen LogP contribution in [0, 0.1) is 17.6 Å². The Hall–Kier alpha value is -2.03. The van der Waals surface area contributed by atoms with Gasteiger partial charge in [0.2, 0.25) is 10.0 Å². The topological polar surface area (TPSA) is 67.4 Å². The highest BCUT2D eigenvalue weighted by atomic mass is 32.2. The van der Waals surface area contributed by atoms with E-state index in [4.69, 9.17) is 4.74 Å². The number of aryl methyl sites for hydroxylation is 1. The Kier molecular flexibility index (Phi) is 7.12. The predicted molar refractivity (Wildman–Crippen MR) is 120 cm³/mol. The number of sulfonamides is 1. The molecule has 5 nitrogen and oxygen atoms in total. The van der Waals surface area contributed by atoms with Crippen molar-refractivity contribution in [2.24, 2.45) is 5.92 Å². The molecule has 0 spiro atoms. The van der Waals surface area contributed by atoms with Crippen LogP contribution in [-0.4, -0.2) is 40.4 Å². The van der Waals surface area contributed by atoms with E-state index < -0.39 is 21.7 Å². The fraction of sp³-hybridized carbons (Fsp3) is 0.500. The van der Waals surface area contributed by atoms with Crippen molar-refractivity contribution in [1.82, 2.24) is 10.0 Å². The summed E-state index contributed by atoms with van der Waals surface area (Å²) in [5, 5.41) is 3.35. The van der Waals surface area contributed by atoms with Crippen molar-refractivity contribution in [2.45, 2.75) is 44.1 Å². The van der Waals surface area contributed by atoms with Gasteiger partial charge in [-0.1, -0.05) is 6.07 Å². The summed E-state index contributed by atoms with van der Waals surface area (Å²) >= 11 is 0. The van der Waals surface area contributed by atoms with E-state index in [0.717, 1.165) is 37.3 Å². The average molecular weight is 465 g/mol. The Bertz CT molecular complexity index is 1040. The van der Waals surface area contributed by atoms with Gasteiger partial charge >= 0.3 is 0 Å². The smallest absolute Gasteiger partial charge is 0.211 e. The second-order valence-corrected chi connectivity index (χ2v) is 10.7. The quantitative estimate of drug-likeness (QED) is 0.528. The van der Waals surface area contributed by atoms with Crippen LogP contribution >= 0.6 is 0 Å². The number of nitrogens with one attached hydrogen (secondary N) is 2. The number of likely N-dealkylation sites (N-methyl/N-ethyl adjacent to an activating group) is 1. The molecule has 32 heavy (non-hydrogen) atoms. The molecule has 0 saturated heterocycles. The molecule has 2 atom stereocenters. The lowest BCUT2D eigenvalue weighted by Gasteiger charge is -2.34. The summed E-state index contributed by atoms with van der Waals surface area (Å²) in [5.41, 5.74) is 2.93. The number of halogens is 2. The summed E-state index contributed by atoms with van der Waals surface area (Å²) in [6.07, 6.45) is 4.34. The van der Waals surface area contributed by atoms with E-state index in [1.165, 1.54) is 17.7 Å². The van der Waals surface area contributed by atoms with Gasteiger partial charge in [-0.05, 0) is 86.0 Å². The third-order valence-electron chi connectivity index (χ3n) is 6.32. The molecule has 0 bridgehead atoms. The van der Waals surface area contributed by atoms with Crippen LogP contribution < -0.4 is 14.8 Å². The van der Waals surface area contributed by atoms with Crippen LogP contribution in [0.2, 0.25) is 0 Å². The van der Waals surface area contributed by atoms with Gasteiger partial charge in [0.05, 0.1) is 5.75 Å². The minimum absolute atomic E-state index is 0.0468. The predicted octanol–water partition coefficient (Wildman–Crippen LogP) is 3.53. The zero-order valence-corrected chi connectivity index (χ0v) is 19.1. The van der Waals surface area contributed by atoms with Gasteiger partial charge in [-0.3, -0.25) is 0 Å². The van der Waals surface area contributed by atoms with Crippen molar-refractivity contribution in [1.29, 1.82) is 0 Å². The Morgan fingerprint density at radius 2 is 1.81 bits per heavy atom. The highest BCUT2D eigenvalue weighted by Gasteiger charge is 2.30. The lowest BCUT2D eigenvalue weighted by molar-refractivity contribution is 0.320. The van der Waals surface area contributed by atoms with Crippen LogP contribution in [0.4, 0.5) is 8.78 Å². The SMILES string of the molecule is CNC1CCc2ccc(OCCNS(=O)(=O)CC3CC3)cc2C1Cc1cc(F)cc(F)c1. The summed E-state index contributed by atoms with van der Waals surface area (Å²) in [7, 11) is -1.34. The minimum atomic E-state index is -3.25. The first-order valence-corrected chi connectivity index (χ1v) is 12.8. The van der Waals surface area contributed by atoms with Gasteiger partial charge in [0.15, 0.2) is 0 Å². The summed E-state index contributed by atoms with van der Waals surface area (Å²) in [6.45, 7) is 0.454. The van der Waals surface area contributed by atoms with E-state index in [2.05, 4.69) is 10.0 Å². The second kappa shape index (κ2) is 9.85. The Labute approximate surface area is 188 Å². The normalized spacial score (nSPS) is 20.7. The summed E-state index contributed by atoms with van der Waals surface area (Å²) < 4.78 is 59.9. The molecule has 2 aliphatic carbocycles. The molecule has 1 fully saturated rings. The molecule has 2 aliphatic rings. The first kappa shape index (κ1) is 23.1. The average Bonchev–Trinajstić information content (AvgIpc) is 3.54. The standard InChI is InChI=1S/C24H30F2N2O3S/c1-27-24-7-5-18-4-6-21(31-9-8-28-32(29,30)15-16-2-3-16)14-22(18)23(24)12-17-10-19(25)13-20(26)11-17/h4,6,10-11,13-14,16,23-24,27-28H,2-3,5,7-9,12,15H2,1H3. The van der Waals surface area contributed by atoms with Crippen molar-refractivity contribution >= 4 is 10.0 Å². The Morgan fingerprint density at radius 3 is 2.50 bits per heavy atom. The monoisotopic (exact) mass is 464 g/mol. The number of fused-ring (bicyclic) bond motifs is 1. The number of hydrogen-bond donors (Lipinski definition) is 2. The summed E-state index contributed by atoms with van der Waals surface area (Å²) in [5.74, 6) is 0.0663. The van der Waals surface area contributed by atoms with Crippen molar-refractivity contribution in [3.8, 4) is 5.75 Å². The molecule has 2 aromatic rings. The molecule has 0 aromatic heterocycles. The zero-order valence-electron chi connectivity index (χ0n) is 18.2. The van der Waals surface area contributed by atoms with Crippen molar-refractivity contribution in [3.05, 3.63) is 64.7 Å². The zero-order chi connectivity index (χ0) is 22.7. The van der Waals surface area contributed by atoms with Crippen LogP contribution in [0.25, 0.3) is 0 Å². The van der Waals surface area contributed by atoms with Crippen molar-refractivity contribution in [2.75, 3.05) is 26.0 Å². The van der Waals surface area contributed by atoms with Gasteiger partial charge in [0, 0.05) is 24.6 Å². The molecule has 174 valence electrons. The second-order valence-electron chi connectivity index (χ2n) is 8.85. The lowest BCUT2D eigenvalue weighted by atomic mass is 9.76. The first-order valence-electron chi connectivity index (χ1n) is 11.2. The van der Waals surface area contributed by atoms with E-state index in [1.807, 2.05) is 25.2 Å². The molecule has 0 radical (unpaired) electrons. The van der Waals surface area contributed by atoms with Gasteiger partial charge < -0.3 is 10.1 Å². The maximum absolute atomic E-state index is 13.7. The van der Waals surface area contributed by atoms with Crippen molar-refractivity contribution < 1.29 is 21.9 Å². The van der Waals surface area contributed by atoms with E-state index in [0.29, 0.717) is 23.7 Å². The summed E-state index contributed by atoms with van der Waals surface area (Å²) in [6, 6.07) is 9.76. The largest absolute Gasteiger partial charge is 0.492 e. The van der Waals surface area contributed by atoms with Gasteiger partial charge in [0.1, 0.15) is 24.0 Å². The maximum Gasteiger partial charge on any atom is 0.211 e. The Morgan fingerprint density at radius 1 is 1.06 bits per heavy atom. The van der Waals surface area contributed by atoms with Crippen LogP contribution in [-0.2, 0) is 22.9 Å². The molecule has 8 heteroatoms. The molecule has 2 N–H and O–H groups in total. The third kappa shape index (κ3) is 6.05. The maximum atomic E-state index is 13.7. The molecular formula is C24H30F2N2O3S. The number of ether oxygens (including phenoxy) is 1. The molecule has 4 rings (SSSR count). The van der Waals surface area contributed by atoms with Crippen LogP contribution in [0.1, 0.15) is 41.9 Å². The Balaban J connectivity index is 1.44. The number of hydrogen-bond acceptors (Lipinski definition) is 4. The lowest BCUT2D eigenvalue weighted by Crippen LogP contribution is -2.37. The molecule has 0 heterocycles. The fourth-order valence-electron chi connectivity index (χ4n) is 4.56. The number of rotatable bonds is 10. The molecule has 1 saturated carbocycles. The highest BCUT2D eigenvalue weighted by molar-refractivity contribution is 7.89. The van der Waals surface area contributed by atoms with Crippen LogP contribution in [0.3, 0.4) is 0 Å².